The van der Waals surface area contributed by atoms with Crippen molar-refractivity contribution in [3.8, 4) is 5.75 Å². The molecule has 3 N–H and O–H groups in total. The molecule has 8 heteroatoms. The predicted octanol–water partition coefficient (Wildman–Crippen LogP) is 5.16. The Morgan fingerprint density at radius 2 is 1.85 bits per heavy atom. The van der Waals surface area contributed by atoms with Gasteiger partial charge >= 0.3 is 0 Å². The zero-order chi connectivity index (χ0) is 25.7. The van der Waals surface area contributed by atoms with Crippen molar-refractivity contribution in [3.05, 3.63) is 29.5 Å². The highest BCUT2D eigenvalue weighted by Crippen LogP contribution is 2.51. The maximum absolute atomic E-state index is 13.4. The Balaban J connectivity index is 1.81. The first kappa shape index (κ1) is 26.3. The highest BCUT2D eigenvalue weighted by Gasteiger charge is 2.46. The first-order chi connectivity index (χ1) is 15.5. The molecule has 2 unspecified atom stereocenters. The number of nitrogens with two attached hydrogens (primary N) is 1. The van der Waals surface area contributed by atoms with E-state index in [2.05, 4.69) is 53.0 Å². The van der Waals surface area contributed by atoms with Gasteiger partial charge in [0, 0.05) is 5.39 Å². The van der Waals surface area contributed by atoms with Crippen molar-refractivity contribution in [2.45, 2.75) is 78.6 Å². The number of amides is 2. The number of primary amides is 1. The van der Waals surface area contributed by atoms with Gasteiger partial charge in [-0.25, -0.2) is 0 Å². The summed E-state index contributed by atoms with van der Waals surface area (Å²) >= 11 is 0. The molecule has 1 aliphatic rings. The summed E-state index contributed by atoms with van der Waals surface area (Å²) in [7, 11) is -2.16. The second-order valence-corrected chi connectivity index (χ2v) is 16.9. The molecule has 3 rings (SSSR count). The van der Waals surface area contributed by atoms with Crippen LogP contribution in [0.4, 0.5) is 0 Å². The van der Waals surface area contributed by atoms with Crippen LogP contribution in [0, 0.1) is 18.3 Å². The van der Waals surface area contributed by atoms with E-state index in [1.54, 1.807) is 19.9 Å². The molecule has 0 bridgehead atoms. The normalized spacial score (nSPS) is 19.5. The Kier molecular flexibility index (Phi) is 6.74. The molecule has 0 spiro atoms. The van der Waals surface area contributed by atoms with E-state index in [0.717, 1.165) is 6.42 Å². The van der Waals surface area contributed by atoms with Gasteiger partial charge in [0.05, 0.1) is 18.8 Å². The number of benzene rings is 1. The maximum Gasteiger partial charge on any atom is 0.256 e. The van der Waals surface area contributed by atoms with Gasteiger partial charge in [-0.15, -0.1) is 0 Å². The van der Waals surface area contributed by atoms with E-state index in [9.17, 15) is 9.59 Å². The molecule has 0 saturated heterocycles. The summed E-state index contributed by atoms with van der Waals surface area (Å²) in [6.45, 7) is 19.0. The second kappa shape index (κ2) is 8.72. The molecule has 0 radical (unpaired) electrons. The summed E-state index contributed by atoms with van der Waals surface area (Å²) in [5, 5.41) is 3.42. The van der Waals surface area contributed by atoms with Crippen LogP contribution in [-0.4, -0.2) is 38.9 Å². The van der Waals surface area contributed by atoms with Gasteiger partial charge in [0.15, 0.2) is 8.32 Å². The lowest BCUT2D eigenvalue weighted by Gasteiger charge is -2.39. The fraction of sp³-hybridized carbons (Fsp3) is 0.615. The van der Waals surface area contributed by atoms with Gasteiger partial charge in [0.1, 0.15) is 22.6 Å². The number of carbonyl (C=O) groups is 2. The summed E-state index contributed by atoms with van der Waals surface area (Å²) in [5.41, 5.74) is 5.63. The third-order valence-electron chi connectivity index (χ3n) is 7.69. The molecule has 2 atom stereocenters. The molecule has 0 aliphatic heterocycles. The van der Waals surface area contributed by atoms with Crippen LogP contribution in [-0.2, 0) is 9.22 Å². The largest absolute Gasteiger partial charge is 0.493 e. The molecule has 7 nitrogen and oxygen atoms in total. The second-order valence-electron chi connectivity index (χ2n) is 12.1. The van der Waals surface area contributed by atoms with Gasteiger partial charge in [-0.2, -0.15) is 0 Å². The standard InChI is InChI=1S/C26H40N2O5Si/c1-16-21(19-12-18(10-11-20(19)33-16)31-14-17-13-25(17,5)6)22(29)28-26(7,23(27)30)15-32-34(8,9)24(2,3)4/h10-12,17H,13-15H2,1-9H3,(H2,27,30)(H,28,29). The van der Waals surface area contributed by atoms with Crippen LogP contribution in [0.5, 0.6) is 5.75 Å². The summed E-state index contributed by atoms with van der Waals surface area (Å²) in [4.78, 5) is 25.8. The van der Waals surface area contributed by atoms with Crippen LogP contribution in [0.3, 0.4) is 0 Å². The average molecular weight is 489 g/mol. The molecule has 34 heavy (non-hydrogen) atoms. The Labute approximate surface area is 203 Å². The van der Waals surface area contributed by atoms with Crippen molar-refractivity contribution in [3.63, 3.8) is 0 Å². The van der Waals surface area contributed by atoms with E-state index in [1.807, 2.05) is 12.1 Å². The van der Waals surface area contributed by atoms with Crippen molar-refractivity contribution in [1.82, 2.24) is 5.32 Å². The van der Waals surface area contributed by atoms with Crippen molar-refractivity contribution < 1.29 is 23.2 Å². The first-order valence-electron chi connectivity index (χ1n) is 11.9. The number of rotatable bonds is 9. The zero-order valence-corrected chi connectivity index (χ0v) is 23.0. The minimum atomic E-state index is -2.16. The number of aryl methyl sites for hydroxylation is 1. The topological polar surface area (TPSA) is 104 Å². The van der Waals surface area contributed by atoms with E-state index in [1.165, 1.54) is 0 Å². The van der Waals surface area contributed by atoms with E-state index in [-0.39, 0.29) is 11.6 Å². The number of carbonyl (C=O) groups excluding carboxylic acids is 2. The molecule has 1 heterocycles. The number of nitrogens with one attached hydrogen (secondary N) is 1. The Morgan fingerprint density at radius 3 is 2.38 bits per heavy atom. The monoisotopic (exact) mass is 488 g/mol. The molecule has 1 fully saturated rings. The van der Waals surface area contributed by atoms with Crippen LogP contribution in [0.2, 0.25) is 18.1 Å². The van der Waals surface area contributed by atoms with Gasteiger partial charge in [-0.3, -0.25) is 9.59 Å². The SMILES string of the molecule is Cc1oc2ccc(OCC3CC3(C)C)cc2c1C(=O)NC(C)(CO[Si](C)(C)C(C)(C)C)C(N)=O. The molecule has 1 saturated carbocycles. The molecule has 2 aromatic rings. The third kappa shape index (κ3) is 5.33. The molecule has 2 amide bonds. The van der Waals surface area contributed by atoms with Gasteiger partial charge in [-0.1, -0.05) is 34.6 Å². The Bertz CT molecular complexity index is 1100. The Hall–Kier alpha value is -2.32. The highest BCUT2D eigenvalue weighted by atomic mass is 28.4. The number of hydrogen-bond acceptors (Lipinski definition) is 5. The van der Waals surface area contributed by atoms with Gasteiger partial charge < -0.3 is 24.6 Å². The summed E-state index contributed by atoms with van der Waals surface area (Å²) < 4.78 is 18.1. The average Bonchev–Trinajstić information content (AvgIpc) is 3.17. The summed E-state index contributed by atoms with van der Waals surface area (Å²) in [5.74, 6) is 0.598. The van der Waals surface area contributed by atoms with Crippen LogP contribution in [0.1, 0.15) is 64.1 Å². The Morgan fingerprint density at radius 1 is 1.24 bits per heavy atom. The van der Waals surface area contributed by atoms with Crippen LogP contribution < -0.4 is 15.8 Å². The first-order valence-corrected chi connectivity index (χ1v) is 14.8. The molecule has 188 valence electrons. The van der Waals surface area contributed by atoms with Crippen LogP contribution in [0.25, 0.3) is 11.0 Å². The lowest BCUT2D eigenvalue weighted by atomic mass is 10.0. The van der Waals surface area contributed by atoms with E-state index in [0.29, 0.717) is 46.0 Å². The van der Waals surface area contributed by atoms with Crippen molar-refractivity contribution in [2.75, 3.05) is 13.2 Å². The molecule has 1 aromatic heterocycles. The quantitative estimate of drug-likeness (QED) is 0.474. The smallest absolute Gasteiger partial charge is 0.256 e. The highest BCUT2D eigenvalue weighted by molar-refractivity contribution is 6.74. The van der Waals surface area contributed by atoms with E-state index < -0.39 is 25.7 Å². The summed E-state index contributed by atoms with van der Waals surface area (Å²) in [6, 6.07) is 5.48. The van der Waals surface area contributed by atoms with Crippen molar-refractivity contribution >= 4 is 31.1 Å². The number of fused-ring (bicyclic) bond motifs is 1. The minimum Gasteiger partial charge on any atom is -0.493 e. The number of furan rings is 1. The fourth-order valence-electron chi connectivity index (χ4n) is 3.65. The number of hydrogen-bond donors (Lipinski definition) is 2. The molecular weight excluding hydrogens is 448 g/mol. The maximum atomic E-state index is 13.4. The van der Waals surface area contributed by atoms with Crippen molar-refractivity contribution in [2.24, 2.45) is 17.1 Å². The molecule has 1 aliphatic carbocycles. The van der Waals surface area contributed by atoms with Crippen LogP contribution >= 0.6 is 0 Å². The van der Waals surface area contributed by atoms with Gasteiger partial charge in [-0.05, 0) is 67.9 Å². The van der Waals surface area contributed by atoms with Crippen LogP contribution in [0.15, 0.2) is 22.6 Å². The van der Waals surface area contributed by atoms with Gasteiger partial charge in [0.2, 0.25) is 5.91 Å². The zero-order valence-electron chi connectivity index (χ0n) is 22.0. The van der Waals surface area contributed by atoms with E-state index in [4.69, 9.17) is 19.3 Å². The fourth-order valence-corrected chi connectivity index (χ4v) is 4.73. The number of ether oxygens (including phenoxy) is 1. The molecule has 1 aromatic carbocycles. The van der Waals surface area contributed by atoms with E-state index >= 15 is 0 Å². The third-order valence-corrected chi connectivity index (χ3v) is 12.2. The summed E-state index contributed by atoms with van der Waals surface area (Å²) in [6.07, 6.45) is 1.15. The van der Waals surface area contributed by atoms with Crippen molar-refractivity contribution in [1.29, 1.82) is 0 Å². The minimum absolute atomic E-state index is 0.00489. The lowest BCUT2D eigenvalue weighted by molar-refractivity contribution is -0.124. The van der Waals surface area contributed by atoms with Gasteiger partial charge in [0.25, 0.3) is 5.91 Å². The molecular formula is C26H40N2O5Si. The lowest BCUT2D eigenvalue weighted by Crippen LogP contribution is -2.60. The predicted molar refractivity (Wildman–Crippen MR) is 137 cm³/mol.